The van der Waals surface area contributed by atoms with E-state index >= 15 is 0 Å². The Labute approximate surface area is 59.5 Å². The van der Waals surface area contributed by atoms with Crippen LogP contribution in [0.3, 0.4) is 0 Å². The summed E-state index contributed by atoms with van der Waals surface area (Å²) in [5, 5.41) is 0. The number of hydrogen-bond acceptors (Lipinski definition) is 2. The van der Waals surface area contributed by atoms with E-state index in [-0.39, 0.29) is 25.5 Å². The highest BCUT2D eigenvalue weighted by Crippen LogP contribution is 2.14. The van der Waals surface area contributed by atoms with Crippen LogP contribution in [0.2, 0.25) is 12.6 Å². The fraction of sp³-hybridized carbons (Fsp3) is 0.800. The summed E-state index contributed by atoms with van der Waals surface area (Å²) in [6.45, 7) is 1.36. The summed E-state index contributed by atoms with van der Waals surface area (Å²) in [7, 11) is -3.90. The standard InChI is InChI=1S/C5H10F2O2Si/c1-10(6,7)4-2-3-9-5-8/h5H,2-4H2,1H3. The third-order valence-corrected chi connectivity index (χ3v) is 2.18. The van der Waals surface area contributed by atoms with Gasteiger partial charge in [-0.1, -0.05) is 0 Å². The third kappa shape index (κ3) is 7.55. The van der Waals surface area contributed by atoms with Crippen LogP contribution in [-0.2, 0) is 9.53 Å². The topological polar surface area (TPSA) is 26.3 Å². The largest absolute Gasteiger partial charge is 0.468 e. The molecule has 0 aromatic heterocycles. The normalized spacial score (nSPS) is 11.1. The number of carbonyl (C=O) groups excluding carboxylic acids is 1. The zero-order valence-corrected chi connectivity index (χ0v) is 6.77. The Hall–Kier alpha value is -0.453. The van der Waals surface area contributed by atoms with E-state index in [1.165, 1.54) is 0 Å². The molecule has 0 aliphatic heterocycles. The zero-order valence-electron chi connectivity index (χ0n) is 5.77. The minimum Gasteiger partial charge on any atom is -0.468 e. The first-order valence-electron chi connectivity index (χ1n) is 2.99. The van der Waals surface area contributed by atoms with Gasteiger partial charge in [-0.15, -0.1) is 0 Å². The monoisotopic (exact) mass is 168 g/mol. The Morgan fingerprint density at radius 1 is 1.60 bits per heavy atom. The molecule has 0 N–H and O–H groups in total. The van der Waals surface area contributed by atoms with Gasteiger partial charge in [-0.2, -0.15) is 0 Å². The average Bonchev–Trinajstić information content (AvgIpc) is 1.78. The molecule has 2 nitrogen and oxygen atoms in total. The van der Waals surface area contributed by atoms with Crippen molar-refractivity contribution in [1.29, 1.82) is 0 Å². The first kappa shape index (κ1) is 9.55. The lowest BCUT2D eigenvalue weighted by Crippen LogP contribution is -2.16. The Balaban J connectivity index is 3.12. The molecular formula is C5H10F2O2Si. The van der Waals surface area contributed by atoms with Gasteiger partial charge in [0.15, 0.2) is 0 Å². The highest BCUT2D eigenvalue weighted by atomic mass is 28.4. The van der Waals surface area contributed by atoms with Crippen molar-refractivity contribution in [2.75, 3.05) is 6.61 Å². The van der Waals surface area contributed by atoms with Crippen molar-refractivity contribution in [1.82, 2.24) is 0 Å². The summed E-state index contributed by atoms with van der Waals surface area (Å²) in [5.74, 6) is 0. The first-order valence-corrected chi connectivity index (χ1v) is 5.45. The predicted octanol–water partition coefficient (Wildman–Crippen LogP) is 1.56. The Kier molecular flexibility index (Phi) is 4.18. The smallest absolute Gasteiger partial charge is 0.422 e. The SMILES string of the molecule is C[Si](F)(F)CCCOC=O. The quantitative estimate of drug-likeness (QED) is 0.269. The molecule has 60 valence electrons. The Morgan fingerprint density at radius 3 is 2.60 bits per heavy atom. The summed E-state index contributed by atoms with van der Waals surface area (Å²) in [6.07, 6.45) is 0.272. The van der Waals surface area contributed by atoms with Crippen LogP contribution in [0.5, 0.6) is 0 Å². The van der Waals surface area contributed by atoms with Gasteiger partial charge in [0.25, 0.3) is 6.47 Å². The second-order valence-electron chi connectivity index (χ2n) is 2.14. The van der Waals surface area contributed by atoms with Crippen LogP contribution in [0.15, 0.2) is 0 Å². The van der Waals surface area contributed by atoms with Crippen molar-refractivity contribution < 1.29 is 17.7 Å². The van der Waals surface area contributed by atoms with Crippen LogP contribution in [0, 0.1) is 0 Å². The highest BCUT2D eigenvalue weighted by molar-refractivity contribution is 6.64. The molecular weight excluding hydrogens is 158 g/mol. The van der Waals surface area contributed by atoms with Crippen molar-refractivity contribution in [2.45, 2.75) is 19.0 Å². The van der Waals surface area contributed by atoms with E-state index in [1.807, 2.05) is 0 Å². The molecule has 0 heterocycles. The minimum atomic E-state index is -3.90. The van der Waals surface area contributed by atoms with Gasteiger partial charge >= 0.3 is 8.74 Å². The Morgan fingerprint density at radius 2 is 2.20 bits per heavy atom. The molecule has 0 aliphatic carbocycles. The summed E-state index contributed by atoms with van der Waals surface area (Å²) in [4.78, 5) is 9.53. The van der Waals surface area contributed by atoms with Crippen LogP contribution in [-0.4, -0.2) is 21.8 Å². The summed E-state index contributed by atoms with van der Waals surface area (Å²) in [6, 6.07) is -0.0964. The number of ether oxygens (including phenoxy) is 1. The van der Waals surface area contributed by atoms with E-state index in [0.717, 1.165) is 6.55 Å². The van der Waals surface area contributed by atoms with Gasteiger partial charge in [0, 0.05) is 6.04 Å². The maximum Gasteiger partial charge on any atom is 0.422 e. The van der Waals surface area contributed by atoms with Gasteiger partial charge in [0.05, 0.1) is 6.61 Å². The van der Waals surface area contributed by atoms with Gasteiger partial charge in [0.1, 0.15) is 0 Å². The maximum absolute atomic E-state index is 12.1. The minimum absolute atomic E-state index is 0.0964. The molecule has 0 saturated carbocycles. The maximum atomic E-state index is 12.1. The van der Waals surface area contributed by atoms with Crippen LogP contribution in [0.25, 0.3) is 0 Å². The second-order valence-corrected chi connectivity index (χ2v) is 4.78. The fourth-order valence-electron chi connectivity index (χ4n) is 0.514. The van der Waals surface area contributed by atoms with Gasteiger partial charge < -0.3 is 4.74 Å². The number of halogens is 2. The first-order chi connectivity index (χ1) is 4.56. The summed E-state index contributed by atoms with van der Waals surface area (Å²) >= 11 is 0. The molecule has 5 heteroatoms. The predicted molar refractivity (Wildman–Crippen MR) is 35.3 cm³/mol. The van der Waals surface area contributed by atoms with Gasteiger partial charge in [-0.3, -0.25) is 13.0 Å². The average molecular weight is 168 g/mol. The molecule has 0 fully saturated rings. The van der Waals surface area contributed by atoms with Crippen LogP contribution < -0.4 is 0 Å². The van der Waals surface area contributed by atoms with Crippen molar-refractivity contribution in [3.05, 3.63) is 0 Å². The van der Waals surface area contributed by atoms with Gasteiger partial charge in [-0.05, 0) is 13.0 Å². The van der Waals surface area contributed by atoms with E-state index in [9.17, 15) is 13.0 Å². The number of hydrogen-bond donors (Lipinski definition) is 0. The molecule has 0 unspecified atom stereocenters. The van der Waals surface area contributed by atoms with Crippen molar-refractivity contribution in [3.63, 3.8) is 0 Å². The molecule has 0 atom stereocenters. The van der Waals surface area contributed by atoms with Crippen molar-refractivity contribution >= 4 is 15.2 Å². The third-order valence-electron chi connectivity index (χ3n) is 0.946. The molecule has 0 rings (SSSR count). The van der Waals surface area contributed by atoms with E-state index in [0.29, 0.717) is 0 Å². The Bertz CT molecular complexity index is 102. The second kappa shape index (κ2) is 4.38. The molecule has 0 spiro atoms. The number of carbonyl (C=O) groups is 1. The molecule has 10 heavy (non-hydrogen) atoms. The van der Waals surface area contributed by atoms with E-state index in [1.54, 1.807) is 0 Å². The molecule has 0 aromatic rings. The van der Waals surface area contributed by atoms with E-state index in [4.69, 9.17) is 0 Å². The molecule has 0 amide bonds. The lowest BCUT2D eigenvalue weighted by Gasteiger charge is -2.04. The molecule has 0 radical (unpaired) electrons. The molecule has 0 saturated heterocycles. The van der Waals surface area contributed by atoms with E-state index in [2.05, 4.69) is 4.74 Å². The van der Waals surface area contributed by atoms with Crippen LogP contribution in [0.4, 0.5) is 8.22 Å². The highest BCUT2D eigenvalue weighted by Gasteiger charge is 2.26. The lowest BCUT2D eigenvalue weighted by molar-refractivity contribution is -0.128. The van der Waals surface area contributed by atoms with E-state index < -0.39 is 8.74 Å². The molecule has 0 bridgehead atoms. The van der Waals surface area contributed by atoms with Crippen molar-refractivity contribution in [2.24, 2.45) is 0 Å². The summed E-state index contributed by atoms with van der Waals surface area (Å²) in [5.41, 5.74) is 0. The van der Waals surface area contributed by atoms with Crippen molar-refractivity contribution in [3.8, 4) is 0 Å². The fourth-order valence-corrected chi connectivity index (χ4v) is 1.28. The van der Waals surface area contributed by atoms with Crippen LogP contribution in [0.1, 0.15) is 6.42 Å². The number of rotatable bonds is 5. The zero-order chi connectivity index (χ0) is 8.04. The molecule has 0 aliphatic rings. The van der Waals surface area contributed by atoms with Gasteiger partial charge in [0.2, 0.25) is 0 Å². The van der Waals surface area contributed by atoms with Gasteiger partial charge in [-0.25, -0.2) is 0 Å². The van der Waals surface area contributed by atoms with Crippen LogP contribution >= 0.6 is 0 Å². The molecule has 0 aromatic carbocycles. The summed E-state index contributed by atoms with van der Waals surface area (Å²) < 4.78 is 28.5. The lowest BCUT2D eigenvalue weighted by atomic mass is 10.5.